The lowest BCUT2D eigenvalue weighted by molar-refractivity contribution is -0.135. The third-order valence-electron chi connectivity index (χ3n) is 4.19. The Morgan fingerprint density at radius 2 is 2.14 bits per heavy atom. The summed E-state index contributed by atoms with van der Waals surface area (Å²) in [5, 5.41) is 2.72. The number of nitrogens with zero attached hydrogens (tertiary/aromatic N) is 1. The van der Waals surface area contributed by atoms with Crippen molar-refractivity contribution in [2.75, 3.05) is 13.6 Å². The predicted molar refractivity (Wildman–Crippen MR) is 77.5 cm³/mol. The molecule has 0 unspecified atom stereocenters. The molecule has 0 bridgehead atoms. The summed E-state index contributed by atoms with van der Waals surface area (Å²) in [5.41, 5.74) is 2.52. The molecule has 2 amide bonds. The van der Waals surface area contributed by atoms with Crippen LogP contribution >= 0.6 is 0 Å². The molecule has 1 saturated heterocycles. The van der Waals surface area contributed by atoms with Gasteiger partial charge >= 0.3 is 0 Å². The van der Waals surface area contributed by atoms with Gasteiger partial charge in [-0.1, -0.05) is 24.3 Å². The molecule has 5 nitrogen and oxygen atoms in total. The van der Waals surface area contributed by atoms with Crippen molar-refractivity contribution in [3.63, 3.8) is 0 Å². The Morgan fingerprint density at radius 1 is 1.38 bits per heavy atom. The van der Waals surface area contributed by atoms with E-state index in [1.807, 2.05) is 12.1 Å². The molecular formula is C16H20N2O3. The molecule has 2 aliphatic rings. The number of fused-ring (bicyclic) bond motifs is 1. The Balaban J connectivity index is 1.57. The van der Waals surface area contributed by atoms with Crippen LogP contribution in [0.1, 0.15) is 24.0 Å². The van der Waals surface area contributed by atoms with E-state index >= 15 is 0 Å². The molecule has 2 heterocycles. The van der Waals surface area contributed by atoms with E-state index in [1.165, 1.54) is 11.1 Å². The van der Waals surface area contributed by atoms with Gasteiger partial charge in [0.15, 0.2) is 0 Å². The van der Waals surface area contributed by atoms with Gasteiger partial charge in [-0.15, -0.1) is 0 Å². The van der Waals surface area contributed by atoms with Crippen molar-refractivity contribution in [3.05, 3.63) is 35.4 Å². The number of benzene rings is 1. The van der Waals surface area contributed by atoms with Crippen molar-refractivity contribution < 1.29 is 14.3 Å². The average molecular weight is 288 g/mol. The summed E-state index contributed by atoms with van der Waals surface area (Å²) in [6.07, 6.45) is 1.88. The van der Waals surface area contributed by atoms with Gasteiger partial charge in [-0.05, 0) is 17.5 Å². The molecule has 3 rings (SSSR count). The molecule has 1 aromatic carbocycles. The third-order valence-corrected chi connectivity index (χ3v) is 4.19. The Hall–Kier alpha value is -1.88. The highest BCUT2D eigenvalue weighted by atomic mass is 16.5. The first-order valence-corrected chi connectivity index (χ1v) is 7.36. The molecule has 1 aromatic rings. The highest BCUT2D eigenvalue weighted by Crippen LogP contribution is 2.21. The summed E-state index contributed by atoms with van der Waals surface area (Å²) in [6.45, 7) is 1.16. The van der Waals surface area contributed by atoms with Crippen molar-refractivity contribution >= 4 is 11.8 Å². The van der Waals surface area contributed by atoms with Crippen LogP contribution in [0.2, 0.25) is 0 Å². The number of likely N-dealkylation sites (N-methyl/N-ethyl adjacent to an activating group) is 1. The maximum absolute atomic E-state index is 12.3. The van der Waals surface area contributed by atoms with Crippen LogP contribution in [0.5, 0.6) is 0 Å². The van der Waals surface area contributed by atoms with Crippen molar-refractivity contribution in [1.29, 1.82) is 0 Å². The van der Waals surface area contributed by atoms with Crippen LogP contribution in [0, 0.1) is 0 Å². The molecule has 0 saturated carbocycles. The Bertz CT molecular complexity index is 558. The van der Waals surface area contributed by atoms with Crippen LogP contribution in [0.15, 0.2) is 24.3 Å². The topological polar surface area (TPSA) is 58.6 Å². The average Bonchev–Trinajstić information content (AvgIpc) is 2.93. The zero-order valence-electron chi connectivity index (χ0n) is 12.2. The number of hydrogen-bond acceptors (Lipinski definition) is 3. The zero-order chi connectivity index (χ0) is 14.8. The quantitative estimate of drug-likeness (QED) is 0.897. The van der Waals surface area contributed by atoms with Gasteiger partial charge in [0.2, 0.25) is 11.8 Å². The highest BCUT2D eigenvalue weighted by Gasteiger charge is 2.31. The van der Waals surface area contributed by atoms with Crippen LogP contribution in [0.4, 0.5) is 0 Å². The maximum atomic E-state index is 12.3. The third kappa shape index (κ3) is 3.08. The van der Waals surface area contributed by atoms with Gasteiger partial charge in [0.1, 0.15) is 6.04 Å². The fraction of sp³-hybridized carbons (Fsp3) is 0.500. The minimum atomic E-state index is -0.363. The number of hydrogen-bond donors (Lipinski definition) is 1. The van der Waals surface area contributed by atoms with E-state index in [0.29, 0.717) is 26.0 Å². The van der Waals surface area contributed by atoms with Gasteiger partial charge in [0, 0.05) is 26.4 Å². The van der Waals surface area contributed by atoms with E-state index in [9.17, 15) is 9.59 Å². The van der Waals surface area contributed by atoms with Crippen LogP contribution < -0.4 is 5.32 Å². The van der Waals surface area contributed by atoms with Crippen LogP contribution in [0.3, 0.4) is 0 Å². The molecule has 2 aliphatic heterocycles. The molecule has 21 heavy (non-hydrogen) atoms. The number of rotatable bonds is 3. The fourth-order valence-electron chi connectivity index (χ4n) is 2.99. The van der Waals surface area contributed by atoms with E-state index in [1.54, 1.807) is 11.9 Å². The van der Waals surface area contributed by atoms with Crippen LogP contribution in [-0.2, 0) is 27.4 Å². The molecule has 0 radical (unpaired) electrons. The number of carbonyl (C=O) groups excluding carboxylic acids is 2. The number of amides is 2. The summed E-state index contributed by atoms with van der Waals surface area (Å²) in [7, 11) is 1.77. The molecule has 5 heteroatoms. The van der Waals surface area contributed by atoms with Gasteiger partial charge in [-0.25, -0.2) is 0 Å². The van der Waals surface area contributed by atoms with Crippen molar-refractivity contribution in [3.8, 4) is 0 Å². The normalized spacial score (nSPS) is 24.3. The van der Waals surface area contributed by atoms with E-state index in [2.05, 4.69) is 17.4 Å². The second kappa shape index (κ2) is 5.85. The van der Waals surface area contributed by atoms with Crippen LogP contribution in [-0.4, -0.2) is 42.5 Å². The summed E-state index contributed by atoms with van der Waals surface area (Å²) in [6, 6.07) is 7.88. The molecule has 0 aliphatic carbocycles. The van der Waals surface area contributed by atoms with E-state index in [-0.39, 0.29) is 24.0 Å². The lowest BCUT2D eigenvalue weighted by atomic mass is 9.99. The van der Waals surface area contributed by atoms with Crippen LogP contribution in [0.25, 0.3) is 0 Å². The van der Waals surface area contributed by atoms with E-state index in [0.717, 1.165) is 6.42 Å². The number of ether oxygens (including phenoxy) is 1. The minimum absolute atomic E-state index is 0.0194. The lowest BCUT2D eigenvalue weighted by Gasteiger charge is -2.30. The smallest absolute Gasteiger partial charge is 0.244 e. The molecular weight excluding hydrogens is 268 g/mol. The number of nitrogens with one attached hydrogen (secondary N) is 1. The predicted octanol–water partition coefficient (Wildman–Crippen LogP) is 0.865. The molecule has 0 spiro atoms. The first-order chi connectivity index (χ1) is 10.1. The van der Waals surface area contributed by atoms with Gasteiger partial charge in [0.05, 0.1) is 12.7 Å². The Labute approximate surface area is 124 Å². The zero-order valence-corrected chi connectivity index (χ0v) is 12.2. The SMILES string of the molecule is CN(C[C@@H]1Cc2ccccc2CO1)C(=O)[C@H]1CCC(=O)N1. The second-order valence-corrected chi connectivity index (χ2v) is 5.78. The monoisotopic (exact) mass is 288 g/mol. The molecule has 1 N–H and O–H groups in total. The fourth-order valence-corrected chi connectivity index (χ4v) is 2.99. The van der Waals surface area contributed by atoms with Gasteiger partial charge < -0.3 is 15.0 Å². The lowest BCUT2D eigenvalue weighted by Crippen LogP contribution is -2.46. The standard InChI is InChI=1S/C16H20N2O3/c1-18(16(20)14-6-7-15(19)17-14)9-13-8-11-4-2-3-5-12(11)10-21-13/h2-5,13-14H,6-10H2,1H3,(H,17,19)/t13-,14+/m0/s1. The second-order valence-electron chi connectivity index (χ2n) is 5.78. The van der Waals surface area contributed by atoms with E-state index < -0.39 is 0 Å². The molecule has 1 fully saturated rings. The summed E-state index contributed by atoms with van der Waals surface area (Å²) >= 11 is 0. The van der Waals surface area contributed by atoms with Gasteiger partial charge in [0.25, 0.3) is 0 Å². The Morgan fingerprint density at radius 3 is 2.86 bits per heavy atom. The van der Waals surface area contributed by atoms with Crippen molar-refractivity contribution in [2.45, 2.75) is 38.0 Å². The number of carbonyl (C=O) groups is 2. The molecule has 2 atom stereocenters. The summed E-state index contributed by atoms with van der Waals surface area (Å²) < 4.78 is 5.83. The van der Waals surface area contributed by atoms with E-state index in [4.69, 9.17) is 4.74 Å². The Kier molecular flexibility index (Phi) is 3.92. The highest BCUT2D eigenvalue weighted by molar-refractivity contribution is 5.90. The van der Waals surface area contributed by atoms with Crippen molar-refractivity contribution in [1.82, 2.24) is 10.2 Å². The molecule has 0 aromatic heterocycles. The maximum Gasteiger partial charge on any atom is 0.244 e. The first-order valence-electron chi connectivity index (χ1n) is 7.36. The minimum Gasteiger partial charge on any atom is -0.371 e. The summed E-state index contributed by atoms with van der Waals surface area (Å²) in [5.74, 6) is -0.0621. The van der Waals surface area contributed by atoms with Gasteiger partial charge in [-0.3, -0.25) is 9.59 Å². The van der Waals surface area contributed by atoms with Gasteiger partial charge in [-0.2, -0.15) is 0 Å². The summed E-state index contributed by atoms with van der Waals surface area (Å²) in [4.78, 5) is 25.1. The largest absolute Gasteiger partial charge is 0.371 e. The molecule has 112 valence electrons. The van der Waals surface area contributed by atoms with Crippen molar-refractivity contribution in [2.24, 2.45) is 0 Å². The first kappa shape index (κ1) is 14.1.